The van der Waals surface area contributed by atoms with E-state index in [-0.39, 0.29) is 5.54 Å². The Labute approximate surface area is 134 Å². The Balaban J connectivity index is 1.98. The second-order valence-electron chi connectivity index (χ2n) is 5.81. The Kier molecular flexibility index (Phi) is 5.30. The smallest absolute Gasteiger partial charge is 0.0210 e. The van der Waals surface area contributed by atoms with Gasteiger partial charge in [-0.2, -0.15) is 0 Å². The predicted octanol–water partition coefficient (Wildman–Crippen LogP) is 5.49. The molecule has 106 valence electrons. The zero-order chi connectivity index (χ0) is 14.6. The van der Waals surface area contributed by atoms with Crippen LogP contribution in [-0.4, -0.2) is 5.54 Å². The van der Waals surface area contributed by atoms with Crippen LogP contribution in [0.4, 0.5) is 0 Å². The van der Waals surface area contributed by atoms with Gasteiger partial charge in [0.25, 0.3) is 0 Å². The number of hydrogen-bond donors (Lipinski definition) is 1. The molecule has 0 saturated heterocycles. The molecular formula is C17H20BrNS. The summed E-state index contributed by atoms with van der Waals surface area (Å²) in [6, 6.07) is 17.1. The second kappa shape index (κ2) is 6.79. The SMILES string of the molecule is CC(C)(C)NCc1ccc(Sc2cccc(Br)c2)cc1. The van der Waals surface area contributed by atoms with E-state index in [1.54, 1.807) is 11.8 Å². The number of rotatable bonds is 4. The molecule has 0 aromatic heterocycles. The van der Waals surface area contributed by atoms with E-state index >= 15 is 0 Å². The Bertz CT molecular complexity index is 558. The zero-order valence-corrected chi connectivity index (χ0v) is 14.5. The molecule has 0 bridgehead atoms. The maximum atomic E-state index is 3.50. The Hall–Kier alpha value is -0.770. The van der Waals surface area contributed by atoms with Crippen LogP contribution in [0.2, 0.25) is 0 Å². The van der Waals surface area contributed by atoms with Gasteiger partial charge in [-0.05, 0) is 56.7 Å². The quantitative estimate of drug-likeness (QED) is 0.783. The van der Waals surface area contributed by atoms with Crippen molar-refractivity contribution in [3.8, 4) is 0 Å². The fourth-order valence-electron chi connectivity index (χ4n) is 1.71. The zero-order valence-electron chi connectivity index (χ0n) is 12.1. The summed E-state index contributed by atoms with van der Waals surface area (Å²) in [5, 5.41) is 3.50. The van der Waals surface area contributed by atoms with Gasteiger partial charge in [0.1, 0.15) is 0 Å². The molecule has 1 nitrogen and oxygen atoms in total. The van der Waals surface area contributed by atoms with Gasteiger partial charge < -0.3 is 5.32 Å². The van der Waals surface area contributed by atoms with Gasteiger partial charge in [0, 0.05) is 26.3 Å². The van der Waals surface area contributed by atoms with Crippen LogP contribution in [0.5, 0.6) is 0 Å². The van der Waals surface area contributed by atoms with Crippen molar-refractivity contribution >= 4 is 27.7 Å². The maximum Gasteiger partial charge on any atom is 0.0210 e. The van der Waals surface area contributed by atoms with Crippen LogP contribution in [0.1, 0.15) is 26.3 Å². The summed E-state index contributed by atoms with van der Waals surface area (Å²) in [6.45, 7) is 7.46. The Morgan fingerprint density at radius 2 is 1.70 bits per heavy atom. The summed E-state index contributed by atoms with van der Waals surface area (Å²) in [5.41, 5.74) is 1.47. The molecule has 0 spiro atoms. The largest absolute Gasteiger partial charge is 0.308 e. The Morgan fingerprint density at radius 1 is 1.00 bits per heavy atom. The lowest BCUT2D eigenvalue weighted by atomic mass is 10.1. The van der Waals surface area contributed by atoms with Crippen LogP contribution in [0.15, 0.2) is 62.8 Å². The van der Waals surface area contributed by atoms with E-state index in [0.717, 1.165) is 11.0 Å². The molecule has 1 N–H and O–H groups in total. The maximum absolute atomic E-state index is 3.50. The lowest BCUT2D eigenvalue weighted by Crippen LogP contribution is -2.35. The van der Waals surface area contributed by atoms with E-state index in [1.807, 2.05) is 6.07 Å². The van der Waals surface area contributed by atoms with E-state index in [9.17, 15) is 0 Å². The van der Waals surface area contributed by atoms with Crippen molar-refractivity contribution in [1.82, 2.24) is 5.32 Å². The van der Waals surface area contributed by atoms with Crippen molar-refractivity contribution in [2.75, 3.05) is 0 Å². The molecule has 2 rings (SSSR count). The van der Waals surface area contributed by atoms with Gasteiger partial charge in [-0.3, -0.25) is 0 Å². The van der Waals surface area contributed by atoms with Crippen LogP contribution in [0, 0.1) is 0 Å². The first-order chi connectivity index (χ1) is 9.42. The molecular weight excluding hydrogens is 330 g/mol. The first kappa shape index (κ1) is 15.6. The minimum absolute atomic E-state index is 0.156. The van der Waals surface area contributed by atoms with Crippen molar-refractivity contribution in [2.24, 2.45) is 0 Å². The van der Waals surface area contributed by atoms with Crippen molar-refractivity contribution < 1.29 is 0 Å². The first-order valence-electron chi connectivity index (χ1n) is 6.70. The third-order valence-corrected chi connectivity index (χ3v) is 4.27. The molecule has 0 saturated carbocycles. The van der Waals surface area contributed by atoms with Crippen LogP contribution in [0.25, 0.3) is 0 Å². The molecule has 0 aliphatic heterocycles. The first-order valence-corrected chi connectivity index (χ1v) is 8.31. The molecule has 0 aliphatic carbocycles. The van der Waals surface area contributed by atoms with Crippen LogP contribution in [0.3, 0.4) is 0 Å². The molecule has 0 atom stereocenters. The van der Waals surface area contributed by atoms with E-state index in [1.165, 1.54) is 15.4 Å². The van der Waals surface area contributed by atoms with Crippen molar-refractivity contribution in [1.29, 1.82) is 0 Å². The third kappa shape index (κ3) is 5.31. The van der Waals surface area contributed by atoms with E-state index in [4.69, 9.17) is 0 Å². The highest BCUT2D eigenvalue weighted by Gasteiger charge is 2.08. The summed E-state index contributed by atoms with van der Waals surface area (Å²) in [4.78, 5) is 2.52. The lowest BCUT2D eigenvalue weighted by molar-refractivity contribution is 0.424. The van der Waals surface area contributed by atoms with Gasteiger partial charge in [0.15, 0.2) is 0 Å². The fraction of sp³-hybridized carbons (Fsp3) is 0.294. The van der Waals surface area contributed by atoms with Gasteiger partial charge in [-0.1, -0.05) is 45.9 Å². The van der Waals surface area contributed by atoms with Gasteiger partial charge in [-0.15, -0.1) is 0 Å². The number of hydrogen-bond acceptors (Lipinski definition) is 2. The highest BCUT2D eigenvalue weighted by Crippen LogP contribution is 2.29. The van der Waals surface area contributed by atoms with Crippen molar-refractivity contribution in [3.05, 3.63) is 58.6 Å². The number of nitrogens with one attached hydrogen (secondary N) is 1. The van der Waals surface area contributed by atoms with E-state index < -0.39 is 0 Å². The van der Waals surface area contributed by atoms with Gasteiger partial charge in [-0.25, -0.2) is 0 Å². The molecule has 0 aliphatic rings. The van der Waals surface area contributed by atoms with Gasteiger partial charge >= 0.3 is 0 Å². The molecule has 0 unspecified atom stereocenters. The summed E-state index contributed by atoms with van der Waals surface area (Å²) >= 11 is 5.29. The van der Waals surface area contributed by atoms with Crippen LogP contribution < -0.4 is 5.32 Å². The molecule has 0 amide bonds. The molecule has 0 fully saturated rings. The minimum atomic E-state index is 0.156. The average Bonchev–Trinajstić information content (AvgIpc) is 2.37. The molecule has 2 aromatic carbocycles. The topological polar surface area (TPSA) is 12.0 Å². The monoisotopic (exact) mass is 349 g/mol. The molecule has 20 heavy (non-hydrogen) atoms. The fourth-order valence-corrected chi connectivity index (χ4v) is 3.14. The average molecular weight is 350 g/mol. The molecule has 0 radical (unpaired) electrons. The lowest BCUT2D eigenvalue weighted by Gasteiger charge is -2.20. The Morgan fingerprint density at radius 3 is 2.30 bits per heavy atom. The van der Waals surface area contributed by atoms with Crippen LogP contribution >= 0.6 is 27.7 Å². The van der Waals surface area contributed by atoms with Gasteiger partial charge in [0.05, 0.1) is 0 Å². The summed E-state index contributed by atoms with van der Waals surface area (Å²) < 4.78 is 1.12. The van der Waals surface area contributed by atoms with Gasteiger partial charge in [0.2, 0.25) is 0 Å². The minimum Gasteiger partial charge on any atom is -0.308 e. The summed E-state index contributed by atoms with van der Waals surface area (Å²) in [7, 11) is 0. The predicted molar refractivity (Wildman–Crippen MR) is 91.3 cm³/mol. The second-order valence-corrected chi connectivity index (χ2v) is 7.87. The van der Waals surface area contributed by atoms with Crippen molar-refractivity contribution in [3.63, 3.8) is 0 Å². The highest BCUT2D eigenvalue weighted by molar-refractivity contribution is 9.10. The highest BCUT2D eigenvalue weighted by atomic mass is 79.9. The van der Waals surface area contributed by atoms with E-state index in [2.05, 4.69) is 84.5 Å². The molecule has 0 heterocycles. The van der Waals surface area contributed by atoms with Crippen LogP contribution in [-0.2, 0) is 6.54 Å². The standard InChI is InChI=1S/C17H20BrNS/c1-17(2,3)19-12-13-7-9-15(10-8-13)20-16-6-4-5-14(18)11-16/h4-11,19H,12H2,1-3H3. The molecule has 2 aromatic rings. The normalized spacial score (nSPS) is 11.6. The summed E-state index contributed by atoms with van der Waals surface area (Å²) in [5.74, 6) is 0. The third-order valence-electron chi connectivity index (χ3n) is 2.78. The number of halogens is 1. The summed E-state index contributed by atoms with van der Waals surface area (Å²) in [6.07, 6.45) is 0. The number of benzene rings is 2. The van der Waals surface area contributed by atoms with E-state index in [0.29, 0.717) is 0 Å². The molecule has 3 heteroatoms. The van der Waals surface area contributed by atoms with Crippen molar-refractivity contribution in [2.45, 2.75) is 42.6 Å².